The lowest BCUT2D eigenvalue weighted by Crippen LogP contribution is -2.37. The molecule has 1 aromatic heterocycles. The maximum Gasteiger partial charge on any atom is 0.510 e. The Morgan fingerprint density at radius 2 is 2.10 bits per heavy atom. The average molecular weight is 326 g/mol. The number of aromatic nitrogens is 2. The zero-order valence-electron chi connectivity index (χ0n) is 10.3. The van der Waals surface area contributed by atoms with Crippen LogP contribution in [0.1, 0.15) is 6.23 Å². The highest BCUT2D eigenvalue weighted by molar-refractivity contribution is 7.46. The number of ether oxygens (including phenoxy) is 1. The van der Waals surface area contributed by atoms with Crippen molar-refractivity contribution >= 4 is 7.91 Å². The average Bonchev–Trinajstić information content (AvgIpc) is 2.64. The van der Waals surface area contributed by atoms with Crippen molar-refractivity contribution in [2.75, 3.05) is 6.61 Å². The third-order valence-corrected chi connectivity index (χ3v) is 3.33. The van der Waals surface area contributed by atoms with Gasteiger partial charge in [0, 0.05) is 12.3 Å². The van der Waals surface area contributed by atoms with Crippen LogP contribution < -0.4 is 11.2 Å². The van der Waals surface area contributed by atoms with Crippen molar-refractivity contribution in [2.45, 2.75) is 24.5 Å². The van der Waals surface area contributed by atoms with Crippen LogP contribution in [0.5, 0.6) is 0 Å². The smallest absolute Gasteiger partial charge is 0.387 e. The van der Waals surface area contributed by atoms with Gasteiger partial charge in [-0.25, -0.2) is 9.36 Å². The van der Waals surface area contributed by atoms with Gasteiger partial charge in [-0.1, -0.05) is 0 Å². The molecule has 1 saturated heterocycles. The van der Waals surface area contributed by atoms with E-state index in [1.54, 1.807) is 0 Å². The number of hydrogen-bond donors (Lipinski definition) is 4. The van der Waals surface area contributed by atoms with Crippen LogP contribution in [0, 0.1) is 0 Å². The fourth-order valence-electron chi connectivity index (χ4n) is 1.89. The minimum Gasteiger partial charge on any atom is -0.387 e. The van der Waals surface area contributed by atoms with Gasteiger partial charge in [0.2, 0.25) is 0 Å². The minimum atomic E-state index is -5.26. The van der Waals surface area contributed by atoms with E-state index in [1.165, 1.54) is 0 Å². The Labute approximate surface area is 116 Å². The lowest BCUT2D eigenvalue weighted by atomic mass is 10.1. The van der Waals surface area contributed by atoms with Crippen molar-refractivity contribution in [1.29, 1.82) is 0 Å². The van der Waals surface area contributed by atoms with Gasteiger partial charge < -0.3 is 14.9 Å². The van der Waals surface area contributed by atoms with E-state index in [-0.39, 0.29) is 0 Å². The fourth-order valence-corrected chi connectivity index (χ4v) is 2.22. The molecule has 0 spiro atoms. The van der Waals surface area contributed by atoms with Crippen LogP contribution in [0.4, 0.5) is 4.20 Å². The molecule has 2 rings (SSSR count). The Morgan fingerprint density at radius 3 is 2.67 bits per heavy atom. The molecule has 5 atom stereocenters. The summed E-state index contributed by atoms with van der Waals surface area (Å²) >= 11 is 0. The van der Waals surface area contributed by atoms with Crippen LogP contribution >= 0.6 is 7.91 Å². The molecule has 1 aliphatic rings. The molecule has 118 valence electrons. The topological polar surface area (TPSA) is 151 Å². The number of H-pyrrole nitrogens is 1. The first-order chi connectivity index (χ1) is 9.69. The zero-order chi connectivity index (χ0) is 15.8. The van der Waals surface area contributed by atoms with Crippen molar-refractivity contribution in [2.24, 2.45) is 0 Å². The van der Waals surface area contributed by atoms with Crippen molar-refractivity contribution in [3.05, 3.63) is 33.1 Å². The van der Waals surface area contributed by atoms with Crippen LogP contribution in [0.25, 0.3) is 0 Å². The molecule has 1 fully saturated rings. The van der Waals surface area contributed by atoms with Crippen molar-refractivity contribution in [1.82, 2.24) is 9.55 Å². The molecule has 1 aliphatic heterocycles. The molecule has 0 amide bonds. The Balaban J connectivity index is 2.18. The van der Waals surface area contributed by atoms with Gasteiger partial charge in [-0.05, 0) is 0 Å². The molecule has 4 N–H and O–H groups in total. The number of aliphatic hydroxyl groups excluding tert-OH is 2. The summed E-state index contributed by atoms with van der Waals surface area (Å²) in [6.45, 7) is -0.808. The second kappa shape index (κ2) is 5.79. The lowest BCUT2D eigenvalue weighted by molar-refractivity contribution is -0.0535. The second-order valence-electron chi connectivity index (χ2n) is 4.31. The summed E-state index contributed by atoms with van der Waals surface area (Å²) in [5, 5.41) is 19.5. The van der Waals surface area contributed by atoms with E-state index in [2.05, 4.69) is 4.52 Å². The van der Waals surface area contributed by atoms with Gasteiger partial charge in [-0.3, -0.25) is 23.8 Å². The van der Waals surface area contributed by atoms with E-state index in [0.29, 0.717) is 0 Å². The molecular formula is C9H12FN2O8P. The predicted octanol–water partition coefficient (Wildman–Crippen LogP) is -1.76. The lowest BCUT2D eigenvalue weighted by Gasteiger charge is -2.16. The first-order valence-electron chi connectivity index (χ1n) is 5.69. The zero-order valence-corrected chi connectivity index (χ0v) is 11.2. The highest BCUT2D eigenvalue weighted by Crippen LogP contribution is 2.44. The minimum absolute atomic E-state index is 0.664. The first kappa shape index (κ1) is 16.0. The molecule has 10 nitrogen and oxygen atoms in total. The molecule has 0 aromatic carbocycles. The van der Waals surface area contributed by atoms with Gasteiger partial charge in [-0.2, -0.15) is 0 Å². The summed E-state index contributed by atoms with van der Waals surface area (Å²) < 4.78 is 32.6. The van der Waals surface area contributed by atoms with Crippen molar-refractivity contribution in [3.63, 3.8) is 0 Å². The standard InChI is InChI=1S/C9H12FN2O8P/c10-21(17,18)19-3-4-6(14)7(15)8(20-4)12-2-1-5(13)11-9(12)16/h1-2,4,6-8,14-15H,3H2,(H,17,18)(H,11,13,16)/t4-,6-,7-,8-/m1/s1. The Kier molecular flexibility index (Phi) is 4.42. The molecule has 0 bridgehead atoms. The Morgan fingerprint density at radius 1 is 1.43 bits per heavy atom. The third kappa shape index (κ3) is 3.64. The van der Waals surface area contributed by atoms with E-state index < -0.39 is 50.3 Å². The first-order valence-corrected chi connectivity index (χ1v) is 7.16. The van der Waals surface area contributed by atoms with E-state index >= 15 is 0 Å². The van der Waals surface area contributed by atoms with Gasteiger partial charge in [0.05, 0.1) is 6.61 Å². The van der Waals surface area contributed by atoms with Crippen LogP contribution in [0.2, 0.25) is 0 Å². The van der Waals surface area contributed by atoms with E-state index in [0.717, 1.165) is 16.8 Å². The monoisotopic (exact) mass is 326 g/mol. The van der Waals surface area contributed by atoms with E-state index in [4.69, 9.17) is 9.63 Å². The largest absolute Gasteiger partial charge is 0.510 e. The second-order valence-corrected chi connectivity index (χ2v) is 5.47. The van der Waals surface area contributed by atoms with Crippen LogP contribution in [-0.2, 0) is 13.8 Å². The summed E-state index contributed by atoms with van der Waals surface area (Å²) in [6.07, 6.45) is -4.83. The number of nitrogens with one attached hydrogen (secondary N) is 1. The maximum absolute atomic E-state index is 12.4. The highest BCUT2D eigenvalue weighted by atomic mass is 31.2. The van der Waals surface area contributed by atoms with Gasteiger partial charge in [0.1, 0.15) is 18.3 Å². The number of aliphatic hydroxyl groups is 2. The molecule has 12 heteroatoms. The van der Waals surface area contributed by atoms with Gasteiger partial charge >= 0.3 is 13.6 Å². The van der Waals surface area contributed by atoms with Crippen LogP contribution in [0.3, 0.4) is 0 Å². The number of halogens is 1. The fraction of sp³-hybridized carbons (Fsp3) is 0.556. The number of aromatic amines is 1. The predicted molar refractivity (Wildman–Crippen MR) is 64.1 cm³/mol. The van der Waals surface area contributed by atoms with Gasteiger partial charge in [0.15, 0.2) is 6.23 Å². The Hall–Kier alpha value is -1.36. The summed E-state index contributed by atoms with van der Waals surface area (Å²) in [5.74, 6) is 0. The summed E-state index contributed by atoms with van der Waals surface area (Å²) in [7, 11) is -5.26. The van der Waals surface area contributed by atoms with Crippen LogP contribution in [0.15, 0.2) is 21.9 Å². The SMILES string of the molecule is O=c1ccn([C@@H]2O[C@H](COP(=O)(O)F)[C@@H](O)[C@H]2O)c(=O)[nH]1. The quantitative estimate of drug-likeness (QED) is 0.475. The molecule has 0 saturated carbocycles. The van der Waals surface area contributed by atoms with E-state index in [1.807, 2.05) is 4.98 Å². The normalized spacial score (nSPS) is 32.0. The number of rotatable bonds is 4. The van der Waals surface area contributed by atoms with Gasteiger partial charge in [0.25, 0.3) is 5.56 Å². The number of nitrogens with zero attached hydrogens (tertiary/aromatic N) is 1. The Bertz CT molecular complexity index is 668. The highest BCUT2D eigenvalue weighted by Gasteiger charge is 2.45. The van der Waals surface area contributed by atoms with Crippen molar-refractivity contribution < 1.29 is 33.1 Å². The van der Waals surface area contributed by atoms with E-state index in [9.17, 15) is 28.6 Å². The molecule has 21 heavy (non-hydrogen) atoms. The molecule has 2 heterocycles. The van der Waals surface area contributed by atoms with Gasteiger partial charge in [-0.15, -0.1) is 4.20 Å². The molecule has 1 unspecified atom stereocenters. The summed E-state index contributed by atoms with van der Waals surface area (Å²) in [4.78, 5) is 32.8. The summed E-state index contributed by atoms with van der Waals surface area (Å²) in [6, 6.07) is 0.997. The van der Waals surface area contributed by atoms with Crippen LogP contribution in [-0.4, -0.2) is 49.6 Å². The molecular weight excluding hydrogens is 314 g/mol. The summed E-state index contributed by atoms with van der Waals surface area (Å²) in [5.41, 5.74) is -1.55. The molecule has 0 aliphatic carbocycles. The number of hydrogen-bond acceptors (Lipinski definition) is 7. The molecule has 1 aromatic rings. The third-order valence-electron chi connectivity index (χ3n) is 2.86. The maximum atomic E-state index is 12.4. The van der Waals surface area contributed by atoms with Crippen molar-refractivity contribution in [3.8, 4) is 0 Å². The molecule has 0 radical (unpaired) electrons.